The summed E-state index contributed by atoms with van der Waals surface area (Å²) in [6, 6.07) is 13.3. The number of aliphatic hydroxyl groups excluding tert-OH is 1. The third kappa shape index (κ3) is 5.95. The molecular formula is C26H31ClN2O4. The van der Waals surface area contributed by atoms with E-state index in [4.69, 9.17) is 16.3 Å². The second-order valence-electron chi connectivity index (χ2n) is 8.43. The molecule has 3 rings (SSSR count). The van der Waals surface area contributed by atoms with Crippen molar-refractivity contribution in [2.45, 2.75) is 32.2 Å². The number of nitrogens with zero attached hydrogens (tertiary/aromatic N) is 2. The number of aliphatic hydroxyl groups is 1. The van der Waals surface area contributed by atoms with Crippen LogP contribution in [0.1, 0.15) is 43.4 Å². The van der Waals surface area contributed by atoms with Gasteiger partial charge in [0, 0.05) is 17.1 Å². The average Bonchev–Trinajstić information content (AvgIpc) is 3.04. The highest BCUT2D eigenvalue weighted by Gasteiger charge is 2.45. The summed E-state index contributed by atoms with van der Waals surface area (Å²) in [6.07, 6.45) is 2.62. The number of unbranched alkanes of at least 4 members (excludes halogenated alkanes) is 1. The van der Waals surface area contributed by atoms with E-state index >= 15 is 0 Å². The lowest BCUT2D eigenvalue weighted by Gasteiger charge is -2.26. The number of amides is 1. The van der Waals surface area contributed by atoms with Crippen LogP contribution in [0.15, 0.2) is 54.1 Å². The molecule has 0 aliphatic carbocycles. The monoisotopic (exact) mass is 470 g/mol. The van der Waals surface area contributed by atoms with Crippen molar-refractivity contribution in [1.29, 1.82) is 0 Å². The smallest absolute Gasteiger partial charge is 0.295 e. The molecule has 0 aromatic heterocycles. The van der Waals surface area contributed by atoms with Crippen LogP contribution >= 0.6 is 11.6 Å². The molecule has 176 valence electrons. The van der Waals surface area contributed by atoms with Crippen molar-refractivity contribution in [3.05, 3.63) is 70.3 Å². The fourth-order valence-corrected chi connectivity index (χ4v) is 4.11. The summed E-state index contributed by atoms with van der Waals surface area (Å²) < 4.78 is 5.75. The maximum Gasteiger partial charge on any atom is 0.295 e. The highest BCUT2D eigenvalue weighted by atomic mass is 35.5. The number of ketones is 1. The predicted octanol–water partition coefficient (Wildman–Crippen LogP) is 4.89. The van der Waals surface area contributed by atoms with E-state index in [1.165, 1.54) is 4.90 Å². The van der Waals surface area contributed by atoms with Gasteiger partial charge in [-0.2, -0.15) is 0 Å². The van der Waals surface area contributed by atoms with Crippen molar-refractivity contribution in [2.24, 2.45) is 0 Å². The molecule has 33 heavy (non-hydrogen) atoms. The summed E-state index contributed by atoms with van der Waals surface area (Å²) in [4.78, 5) is 29.7. The molecular weight excluding hydrogens is 440 g/mol. The Morgan fingerprint density at radius 1 is 1.12 bits per heavy atom. The Morgan fingerprint density at radius 3 is 2.58 bits per heavy atom. The lowest BCUT2D eigenvalue weighted by Crippen LogP contribution is -2.32. The van der Waals surface area contributed by atoms with Crippen LogP contribution in [0, 0.1) is 0 Å². The summed E-state index contributed by atoms with van der Waals surface area (Å²) in [5.41, 5.74) is 1.18. The van der Waals surface area contributed by atoms with Crippen molar-refractivity contribution in [3.63, 3.8) is 0 Å². The zero-order chi connectivity index (χ0) is 24.0. The zero-order valence-corrected chi connectivity index (χ0v) is 20.1. The number of halogens is 1. The zero-order valence-electron chi connectivity index (χ0n) is 19.4. The van der Waals surface area contributed by atoms with Crippen molar-refractivity contribution >= 4 is 29.1 Å². The number of carbonyl (C=O) groups is 2. The van der Waals surface area contributed by atoms with Crippen LogP contribution in [0.5, 0.6) is 5.75 Å². The van der Waals surface area contributed by atoms with Gasteiger partial charge in [0.15, 0.2) is 0 Å². The lowest BCUT2D eigenvalue weighted by atomic mass is 9.95. The molecule has 1 heterocycles. The van der Waals surface area contributed by atoms with Crippen LogP contribution in [-0.4, -0.2) is 60.4 Å². The van der Waals surface area contributed by atoms with Crippen molar-refractivity contribution in [2.75, 3.05) is 33.8 Å². The first-order chi connectivity index (χ1) is 15.8. The van der Waals surface area contributed by atoms with E-state index in [2.05, 4.69) is 6.92 Å². The molecule has 0 spiro atoms. The van der Waals surface area contributed by atoms with E-state index in [1.807, 2.05) is 25.1 Å². The maximum absolute atomic E-state index is 13.1. The van der Waals surface area contributed by atoms with E-state index in [0.29, 0.717) is 41.5 Å². The molecule has 2 aromatic rings. The Kier molecular flexibility index (Phi) is 8.53. The molecule has 1 saturated heterocycles. The molecule has 0 radical (unpaired) electrons. The molecule has 7 heteroatoms. The number of carbonyl (C=O) groups excluding carboxylic acids is 2. The van der Waals surface area contributed by atoms with E-state index in [0.717, 1.165) is 19.4 Å². The largest absolute Gasteiger partial charge is 0.507 e. The Labute approximate surface area is 200 Å². The van der Waals surface area contributed by atoms with Crippen LogP contribution in [-0.2, 0) is 9.59 Å². The Bertz CT molecular complexity index is 1030. The minimum absolute atomic E-state index is 0.0674. The molecule has 1 aliphatic heterocycles. The standard InChI is InChI=1S/C26H31ClN2O4/c1-4-5-15-33-21-12-7-10-19(17-21)24(30)22-23(18-9-6-11-20(27)16-18)29(26(32)25(22)31)14-8-13-28(2)3/h6-7,9-12,16-17,23,30H,4-5,8,13-15H2,1-3H3/b24-22+. The quantitative estimate of drug-likeness (QED) is 0.231. The third-order valence-corrected chi connectivity index (χ3v) is 5.82. The fraction of sp³-hybridized carbons (Fsp3) is 0.385. The number of rotatable bonds is 10. The van der Waals surface area contributed by atoms with E-state index in [-0.39, 0.29) is 11.3 Å². The van der Waals surface area contributed by atoms with Gasteiger partial charge in [-0.25, -0.2) is 0 Å². The minimum atomic E-state index is -0.712. The summed E-state index contributed by atoms with van der Waals surface area (Å²) in [7, 11) is 3.91. The average molecular weight is 471 g/mol. The lowest BCUT2D eigenvalue weighted by molar-refractivity contribution is -0.139. The van der Waals surface area contributed by atoms with Gasteiger partial charge in [0.05, 0.1) is 18.2 Å². The van der Waals surface area contributed by atoms with Gasteiger partial charge in [0.1, 0.15) is 11.5 Å². The summed E-state index contributed by atoms with van der Waals surface area (Å²) in [5, 5.41) is 11.7. The Balaban J connectivity index is 2.03. The normalized spacial score (nSPS) is 17.7. The number of hydrogen-bond acceptors (Lipinski definition) is 5. The third-order valence-electron chi connectivity index (χ3n) is 5.58. The van der Waals surface area contributed by atoms with Gasteiger partial charge in [-0.05, 0) is 63.3 Å². The minimum Gasteiger partial charge on any atom is -0.507 e. The molecule has 1 fully saturated rings. The molecule has 0 bridgehead atoms. The molecule has 0 saturated carbocycles. The van der Waals surface area contributed by atoms with E-state index in [1.54, 1.807) is 42.5 Å². The van der Waals surface area contributed by atoms with Crippen LogP contribution in [0.4, 0.5) is 0 Å². The van der Waals surface area contributed by atoms with E-state index < -0.39 is 17.7 Å². The maximum atomic E-state index is 13.1. The molecule has 1 aliphatic rings. The van der Waals surface area contributed by atoms with Crippen LogP contribution in [0.2, 0.25) is 5.02 Å². The molecule has 1 amide bonds. The van der Waals surface area contributed by atoms with Gasteiger partial charge < -0.3 is 19.6 Å². The van der Waals surface area contributed by atoms with Crippen LogP contribution < -0.4 is 4.74 Å². The number of hydrogen-bond donors (Lipinski definition) is 1. The molecule has 1 atom stereocenters. The van der Waals surface area contributed by atoms with E-state index in [9.17, 15) is 14.7 Å². The first-order valence-electron chi connectivity index (χ1n) is 11.2. The van der Waals surface area contributed by atoms with Gasteiger partial charge in [0.2, 0.25) is 0 Å². The fourth-order valence-electron chi connectivity index (χ4n) is 3.91. The second kappa shape index (κ2) is 11.3. The van der Waals surface area contributed by atoms with Gasteiger partial charge in [-0.1, -0.05) is 49.2 Å². The molecule has 1 unspecified atom stereocenters. The highest BCUT2D eigenvalue weighted by Crippen LogP contribution is 2.40. The van der Waals surface area contributed by atoms with Crippen LogP contribution in [0.3, 0.4) is 0 Å². The van der Waals surface area contributed by atoms with Crippen molar-refractivity contribution in [1.82, 2.24) is 9.80 Å². The van der Waals surface area contributed by atoms with Crippen molar-refractivity contribution < 1.29 is 19.4 Å². The summed E-state index contributed by atoms with van der Waals surface area (Å²) in [6.45, 7) is 3.80. The van der Waals surface area contributed by atoms with Gasteiger partial charge in [-0.15, -0.1) is 0 Å². The van der Waals surface area contributed by atoms with Gasteiger partial charge in [0.25, 0.3) is 11.7 Å². The molecule has 1 N–H and O–H groups in total. The predicted molar refractivity (Wildman–Crippen MR) is 130 cm³/mol. The topological polar surface area (TPSA) is 70.1 Å². The number of benzene rings is 2. The van der Waals surface area contributed by atoms with Crippen molar-refractivity contribution in [3.8, 4) is 5.75 Å². The van der Waals surface area contributed by atoms with Gasteiger partial charge in [-0.3, -0.25) is 9.59 Å². The number of ether oxygens (including phenoxy) is 1. The first kappa shape index (κ1) is 24.8. The second-order valence-corrected chi connectivity index (χ2v) is 8.87. The Morgan fingerprint density at radius 2 is 1.88 bits per heavy atom. The highest BCUT2D eigenvalue weighted by molar-refractivity contribution is 6.46. The van der Waals surface area contributed by atoms with Gasteiger partial charge >= 0.3 is 0 Å². The number of likely N-dealkylation sites (tertiary alicyclic amines) is 1. The Hall–Kier alpha value is -2.83. The first-order valence-corrected chi connectivity index (χ1v) is 11.6. The SMILES string of the molecule is CCCCOc1cccc(/C(O)=C2\C(=O)C(=O)N(CCCN(C)C)C2c2cccc(Cl)c2)c1. The van der Waals surface area contributed by atoms with Crippen LogP contribution in [0.25, 0.3) is 5.76 Å². The summed E-state index contributed by atoms with van der Waals surface area (Å²) in [5.74, 6) is -0.920. The summed E-state index contributed by atoms with van der Waals surface area (Å²) >= 11 is 6.23. The molecule has 2 aromatic carbocycles. The number of Topliss-reactive ketones (excluding diaryl/α,β-unsaturated/α-hetero) is 1. The molecule has 6 nitrogen and oxygen atoms in total.